The maximum absolute atomic E-state index is 15.1. The highest BCUT2D eigenvalue weighted by molar-refractivity contribution is 7.99. The summed E-state index contributed by atoms with van der Waals surface area (Å²) in [6.07, 6.45) is 1.73. The molecule has 0 aromatic heterocycles. The number of carbonyl (C=O) groups is 1. The van der Waals surface area contributed by atoms with Gasteiger partial charge in [-0.15, -0.1) is 0 Å². The van der Waals surface area contributed by atoms with Crippen LogP contribution in [0.5, 0.6) is 5.75 Å². The van der Waals surface area contributed by atoms with Crippen molar-refractivity contribution in [3.8, 4) is 28.0 Å². The summed E-state index contributed by atoms with van der Waals surface area (Å²) in [7, 11) is 0. The van der Waals surface area contributed by atoms with E-state index in [1.165, 1.54) is 18.0 Å². The van der Waals surface area contributed by atoms with Crippen LogP contribution in [0.2, 0.25) is 5.02 Å². The van der Waals surface area contributed by atoms with Crippen molar-refractivity contribution in [3.63, 3.8) is 0 Å². The van der Waals surface area contributed by atoms with Gasteiger partial charge in [0, 0.05) is 33.5 Å². The summed E-state index contributed by atoms with van der Waals surface area (Å²) in [6.45, 7) is 5.96. The molecule has 7 heteroatoms. The van der Waals surface area contributed by atoms with Crippen LogP contribution >= 0.6 is 23.5 Å². The Morgan fingerprint density at radius 2 is 1.81 bits per heavy atom. The van der Waals surface area contributed by atoms with Crippen molar-refractivity contribution in [1.82, 2.24) is 0 Å². The lowest BCUT2D eigenvalue weighted by atomic mass is 9.80. The molecule has 0 atom stereocenters. The van der Waals surface area contributed by atoms with Crippen molar-refractivity contribution in [2.75, 3.05) is 10.6 Å². The number of aliphatic carboxylic acids is 1. The molecule has 1 aliphatic heterocycles. The van der Waals surface area contributed by atoms with Gasteiger partial charge in [0.25, 0.3) is 0 Å². The quantitative estimate of drug-likeness (QED) is 0.416. The van der Waals surface area contributed by atoms with Crippen LogP contribution in [-0.2, 0) is 17.8 Å². The van der Waals surface area contributed by atoms with E-state index in [-0.39, 0.29) is 18.0 Å². The highest BCUT2D eigenvalue weighted by Crippen LogP contribution is 2.52. The van der Waals surface area contributed by atoms with Crippen molar-refractivity contribution in [3.05, 3.63) is 69.0 Å². The van der Waals surface area contributed by atoms with Crippen molar-refractivity contribution < 1.29 is 19.4 Å². The van der Waals surface area contributed by atoms with Crippen LogP contribution in [-0.4, -0.2) is 22.4 Å². The van der Waals surface area contributed by atoms with Gasteiger partial charge in [0.2, 0.25) is 0 Å². The first kappa shape index (κ1) is 22.5. The minimum Gasteiger partial charge on any atom is -0.507 e. The number of phenolic OH excluding ortho intramolecular Hbond substituents is 1. The number of phenols is 1. The van der Waals surface area contributed by atoms with Crippen molar-refractivity contribution >= 4 is 35.2 Å². The van der Waals surface area contributed by atoms with Crippen LogP contribution in [0, 0.1) is 26.6 Å². The lowest BCUT2D eigenvalue weighted by molar-refractivity contribution is -0.136. The molecule has 0 saturated heterocycles. The second-order valence-electron chi connectivity index (χ2n) is 7.96. The van der Waals surface area contributed by atoms with Crippen LogP contribution in [0.15, 0.2) is 30.3 Å². The van der Waals surface area contributed by atoms with Gasteiger partial charge in [0.1, 0.15) is 11.6 Å². The molecule has 166 valence electrons. The minimum absolute atomic E-state index is 0.00196. The predicted octanol–water partition coefficient (Wildman–Crippen LogP) is 6.67. The Hall–Kier alpha value is -2.70. The number of carboxylic acid groups (broad SMARTS) is 1. The summed E-state index contributed by atoms with van der Waals surface area (Å²) in [5.41, 5.74) is 6.64. The fraction of sp³-hybridized carbons (Fsp3) is 0.240. The second kappa shape index (κ2) is 8.34. The third-order valence-electron chi connectivity index (χ3n) is 6.19. The molecule has 3 aromatic rings. The smallest absolute Gasteiger partial charge is 0.307 e. The summed E-state index contributed by atoms with van der Waals surface area (Å²) in [5.74, 6) is -1.30. The summed E-state index contributed by atoms with van der Waals surface area (Å²) in [4.78, 5) is 11.8. The highest BCUT2D eigenvalue weighted by atomic mass is 35.5. The summed E-state index contributed by atoms with van der Waals surface area (Å²) < 4.78 is 17.2. The Balaban J connectivity index is 2.19. The molecule has 4 rings (SSSR count). The van der Waals surface area contributed by atoms with E-state index in [0.717, 1.165) is 27.9 Å². The van der Waals surface area contributed by atoms with E-state index >= 15 is 4.39 Å². The zero-order valence-electron chi connectivity index (χ0n) is 18.2. The van der Waals surface area contributed by atoms with Gasteiger partial charge in [-0.2, -0.15) is 0 Å². The molecule has 0 amide bonds. The predicted molar refractivity (Wildman–Crippen MR) is 129 cm³/mol. The van der Waals surface area contributed by atoms with Crippen molar-refractivity contribution in [1.29, 1.82) is 0 Å². The number of halogens is 2. The number of hydrogen-bond acceptors (Lipinski definition) is 4. The summed E-state index contributed by atoms with van der Waals surface area (Å²) >= 11 is 7.71. The van der Waals surface area contributed by atoms with Crippen LogP contribution in [0.1, 0.15) is 27.8 Å². The number of nitrogens with zero attached hydrogens (tertiary/aromatic N) is 1. The van der Waals surface area contributed by atoms with Gasteiger partial charge in [-0.05, 0) is 66.8 Å². The zero-order valence-corrected chi connectivity index (χ0v) is 19.8. The van der Waals surface area contributed by atoms with E-state index in [0.29, 0.717) is 39.4 Å². The van der Waals surface area contributed by atoms with Gasteiger partial charge < -0.3 is 14.5 Å². The maximum atomic E-state index is 15.1. The van der Waals surface area contributed by atoms with E-state index in [1.807, 2.05) is 26.2 Å². The Morgan fingerprint density at radius 1 is 1.09 bits per heavy atom. The number of aromatic hydroxyl groups is 1. The third kappa shape index (κ3) is 3.42. The van der Waals surface area contributed by atoms with E-state index < -0.39 is 5.97 Å². The van der Waals surface area contributed by atoms with Gasteiger partial charge in [-0.25, -0.2) is 4.39 Å². The molecule has 1 heterocycles. The molecule has 0 saturated carbocycles. The third-order valence-corrected chi connectivity index (χ3v) is 7.35. The van der Waals surface area contributed by atoms with E-state index in [2.05, 4.69) is 4.31 Å². The first-order chi connectivity index (χ1) is 15.2. The molecular weight excluding hydrogens is 449 g/mol. The van der Waals surface area contributed by atoms with Crippen LogP contribution in [0.3, 0.4) is 0 Å². The summed E-state index contributed by atoms with van der Waals surface area (Å²) in [6, 6.07) is 8.44. The van der Waals surface area contributed by atoms with Gasteiger partial charge in [-0.3, -0.25) is 4.79 Å². The molecule has 2 N–H and O–H groups in total. The van der Waals surface area contributed by atoms with Gasteiger partial charge in [0.05, 0.1) is 18.7 Å². The fourth-order valence-corrected chi connectivity index (χ4v) is 5.48. The average Bonchev–Trinajstić information content (AvgIpc) is 2.75. The molecule has 0 aliphatic carbocycles. The monoisotopic (exact) mass is 471 g/mol. The molecule has 3 aromatic carbocycles. The number of benzene rings is 3. The van der Waals surface area contributed by atoms with Crippen molar-refractivity contribution in [2.45, 2.75) is 33.7 Å². The molecule has 0 unspecified atom stereocenters. The number of hydrogen-bond donors (Lipinski definition) is 2. The standard InChI is InChI=1S/C25H23ClFNO3S/c1-12-17(10-20(29)30)21(16-8-9-18(26)13(2)25(16)31)14(3)22-23-15(6-5-7-19(23)27)11-28(32-4)24(12)22/h5-9,31H,10-11H2,1-4H3,(H,29,30). The second-order valence-corrected chi connectivity index (χ2v) is 9.17. The molecule has 1 aliphatic rings. The van der Waals surface area contributed by atoms with Crippen LogP contribution in [0.4, 0.5) is 10.1 Å². The van der Waals surface area contributed by atoms with Gasteiger partial charge >= 0.3 is 5.97 Å². The largest absolute Gasteiger partial charge is 0.507 e. The fourth-order valence-electron chi connectivity index (χ4n) is 4.65. The number of anilines is 1. The van der Waals surface area contributed by atoms with E-state index in [9.17, 15) is 15.0 Å². The van der Waals surface area contributed by atoms with Crippen LogP contribution < -0.4 is 4.31 Å². The number of rotatable bonds is 4. The normalized spacial score (nSPS) is 12.5. The number of fused-ring (bicyclic) bond motifs is 3. The molecule has 0 bridgehead atoms. The topological polar surface area (TPSA) is 60.8 Å². The van der Waals surface area contributed by atoms with Gasteiger partial charge in [-0.1, -0.05) is 35.7 Å². The van der Waals surface area contributed by atoms with E-state index in [4.69, 9.17) is 11.6 Å². The number of carboxylic acids is 1. The highest BCUT2D eigenvalue weighted by Gasteiger charge is 2.32. The minimum atomic E-state index is -0.975. The summed E-state index contributed by atoms with van der Waals surface area (Å²) in [5, 5.41) is 21.0. The average molecular weight is 472 g/mol. The molecule has 0 spiro atoms. The van der Waals surface area contributed by atoms with Crippen LogP contribution in [0.25, 0.3) is 22.3 Å². The molecule has 4 nitrogen and oxygen atoms in total. The SMILES string of the molecule is CSN1Cc2cccc(F)c2-c2c(C)c(-c3ccc(Cl)c(C)c3O)c(CC(=O)O)c(C)c21. The lowest BCUT2D eigenvalue weighted by Gasteiger charge is -2.36. The first-order valence-corrected chi connectivity index (χ1v) is 11.7. The zero-order chi connectivity index (χ0) is 23.3. The van der Waals surface area contributed by atoms with E-state index in [1.54, 1.807) is 25.1 Å². The molecule has 0 fully saturated rings. The molecule has 32 heavy (non-hydrogen) atoms. The Bertz CT molecular complexity index is 1280. The first-order valence-electron chi connectivity index (χ1n) is 10.1. The Kier molecular flexibility index (Phi) is 5.86. The maximum Gasteiger partial charge on any atom is 0.307 e. The molecular formula is C25H23ClFNO3S. The molecule has 0 radical (unpaired) electrons. The van der Waals surface area contributed by atoms with Gasteiger partial charge in [0.15, 0.2) is 0 Å². The lowest BCUT2D eigenvalue weighted by Crippen LogP contribution is -2.23. The Morgan fingerprint density at radius 3 is 2.47 bits per heavy atom. The Labute approximate surface area is 195 Å². The van der Waals surface area contributed by atoms with Crippen molar-refractivity contribution in [2.24, 2.45) is 0 Å².